The van der Waals surface area contributed by atoms with Gasteiger partial charge in [0.25, 0.3) is 5.91 Å². The number of hydrogen-bond donors (Lipinski definition) is 1. The lowest BCUT2D eigenvalue weighted by Crippen LogP contribution is -2.19. The molecule has 7 heteroatoms. The van der Waals surface area contributed by atoms with Crippen molar-refractivity contribution in [3.05, 3.63) is 102 Å². The minimum Gasteiger partial charge on any atom is -0.422 e. The summed E-state index contributed by atoms with van der Waals surface area (Å²) in [7, 11) is 0. The summed E-state index contributed by atoms with van der Waals surface area (Å²) in [5, 5.41) is 5.81. The first-order valence-electron chi connectivity index (χ1n) is 9.52. The summed E-state index contributed by atoms with van der Waals surface area (Å²) >= 11 is 0. The predicted molar refractivity (Wildman–Crippen MR) is 117 cm³/mol. The molecule has 4 rings (SSSR count). The van der Waals surface area contributed by atoms with Gasteiger partial charge in [-0.2, -0.15) is 5.10 Å². The largest absolute Gasteiger partial charge is 0.422 e. The van der Waals surface area contributed by atoms with Crippen molar-refractivity contribution in [3.8, 4) is 5.75 Å². The maximum Gasteiger partial charge on any atom is 0.343 e. The number of benzene rings is 3. The van der Waals surface area contributed by atoms with E-state index in [0.29, 0.717) is 16.9 Å². The second kappa shape index (κ2) is 8.96. The van der Waals surface area contributed by atoms with Crippen molar-refractivity contribution in [1.29, 1.82) is 0 Å². The van der Waals surface area contributed by atoms with Crippen molar-refractivity contribution >= 4 is 28.9 Å². The fraction of sp³-hybridized carbons (Fsp3) is 0.0417. The van der Waals surface area contributed by atoms with E-state index < -0.39 is 11.9 Å². The van der Waals surface area contributed by atoms with Gasteiger partial charge in [0.1, 0.15) is 11.4 Å². The fourth-order valence-electron chi connectivity index (χ4n) is 2.98. The molecule has 0 unspecified atom stereocenters. The van der Waals surface area contributed by atoms with Crippen LogP contribution in [0.15, 0.2) is 84.4 Å². The Morgan fingerprint density at radius 3 is 2.58 bits per heavy atom. The van der Waals surface area contributed by atoms with E-state index in [9.17, 15) is 9.59 Å². The lowest BCUT2D eigenvalue weighted by atomic mass is 10.0. The van der Waals surface area contributed by atoms with Crippen molar-refractivity contribution in [3.63, 3.8) is 0 Å². The number of nitrogens with one attached hydrogen (secondary N) is 1. The first-order valence-corrected chi connectivity index (χ1v) is 9.52. The Labute approximate surface area is 178 Å². The summed E-state index contributed by atoms with van der Waals surface area (Å²) in [6, 6.07) is 18.3. The van der Waals surface area contributed by atoms with Crippen LogP contribution in [0.3, 0.4) is 0 Å². The van der Waals surface area contributed by atoms with Crippen LogP contribution in [0.25, 0.3) is 10.8 Å². The highest BCUT2D eigenvalue weighted by Crippen LogP contribution is 2.27. The number of carbonyl (C=O) groups excluding carboxylic acids is 2. The van der Waals surface area contributed by atoms with E-state index in [2.05, 4.69) is 20.5 Å². The first kappa shape index (κ1) is 19.9. The Morgan fingerprint density at radius 1 is 1.00 bits per heavy atom. The van der Waals surface area contributed by atoms with Gasteiger partial charge in [-0.3, -0.25) is 9.78 Å². The predicted octanol–water partition coefficient (Wildman–Crippen LogP) is 3.92. The molecule has 1 amide bonds. The lowest BCUT2D eigenvalue weighted by Gasteiger charge is -2.10. The maximum absolute atomic E-state index is 12.6. The summed E-state index contributed by atoms with van der Waals surface area (Å²) in [6.07, 6.45) is 5.70. The quantitative estimate of drug-likeness (QED) is 0.233. The van der Waals surface area contributed by atoms with Crippen LogP contribution in [0.4, 0.5) is 0 Å². The number of nitrogens with zero attached hydrogens (tertiary/aromatic N) is 3. The summed E-state index contributed by atoms with van der Waals surface area (Å²) < 4.78 is 5.66. The molecule has 0 aliphatic rings. The molecule has 0 fully saturated rings. The number of ether oxygens (including phenoxy) is 1. The van der Waals surface area contributed by atoms with Crippen LogP contribution in [-0.4, -0.2) is 28.1 Å². The van der Waals surface area contributed by atoms with Gasteiger partial charge in [-0.05, 0) is 35.9 Å². The number of fused-ring (bicyclic) bond motifs is 1. The van der Waals surface area contributed by atoms with E-state index in [-0.39, 0.29) is 5.69 Å². The van der Waals surface area contributed by atoms with Gasteiger partial charge in [-0.1, -0.05) is 48.0 Å². The van der Waals surface area contributed by atoms with Crippen molar-refractivity contribution in [2.75, 3.05) is 0 Å². The third-order valence-corrected chi connectivity index (χ3v) is 4.58. The topological polar surface area (TPSA) is 93.5 Å². The van der Waals surface area contributed by atoms with E-state index >= 15 is 0 Å². The van der Waals surface area contributed by atoms with Gasteiger partial charge in [-0.15, -0.1) is 0 Å². The van der Waals surface area contributed by atoms with Crippen molar-refractivity contribution in [2.24, 2.45) is 5.10 Å². The molecule has 1 N–H and O–H groups in total. The number of amides is 1. The number of rotatable bonds is 5. The summed E-state index contributed by atoms with van der Waals surface area (Å²) in [5.41, 5.74) is 4.62. The molecule has 0 bridgehead atoms. The van der Waals surface area contributed by atoms with Crippen LogP contribution in [0.2, 0.25) is 0 Å². The molecule has 3 aromatic carbocycles. The summed E-state index contributed by atoms with van der Waals surface area (Å²) in [5.74, 6) is -0.641. The molecule has 1 heterocycles. The molecule has 4 aromatic rings. The zero-order valence-corrected chi connectivity index (χ0v) is 16.6. The Balaban J connectivity index is 1.63. The normalized spacial score (nSPS) is 10.9. The van der Waals surface area contributed by atoms with Crippen LogP contribution in [0.1, 0.15) is 32.0 Å². The van der Waals surface area contributed by atoms with Gasteiger partial charge in [-0.25, -0.2) is 15.2 Å². The van der Waals surface area contributed by atoms with Gasteiger partial charge in [0.05, 0.1) is 18.0 Å². The van der Waals surface area contributed by atoms with Crippen LogP contribution in [0, 0.1) is 6.92 Å². The second-order valence-electron chi connectivity index (χ2n) is 6.74. The SMILES string of the molecule is Cc1ccc(C(=O)Oc2ccc3ccccc3c2/C=N\NC(=O)c2cnccn2)cc1. The van der Waals surface area contributed by atoms with Gasteiger partial charge >= 0.3 is 5.97 Å². The minimum absolute atomic E-state index is 0.142. The van der Waals surface area contributed by atoms with E-state index in [1.165, 1.54) is 24.8 Å². The van der Waals surface area contributed by atoms with Crippen LogP contribution >= 0.6 is 0 Å². The highest BCUT2D eigenvalue weighted by Gasteiger charge is 2.14. The second-order valence-corrected chi connectivity index (χ2v) is 6.74. The molecule has 152 valence electrons. The molecule has 0 saturated heterocycles. The van der Waals surface area contributed by atoms with Crippen LogP contribution in [-0.2, 0) is 0 Å². The molecular weight excluding hydrogens is 392 g/mol. The molecule has 0 spiro atoms. The third kappa shape index (κ3) is 4.62. The summed E-state index contributed by atoms with van der Waals surface area (Å²) in [4.78, 5) is 32.6. The molecule has 0 atom stereocenters. The van der Waals surface area contributed by atoms with Crippen LogP contribution < -0.4 is 10.2 Å². The highest BCUT2D eigenvalue weighted by atomic mass is 16.5. The number of aromatic nitrogens is 2. The fourth-order valence-corrected chi connectivity index (χ4v) is 2.98. The first-order chi connectivity index (χ1) is 15.1. The van der Waals surface area contributed by atoms with Gasteiger partial charge < -0.3 is 4.74 Å². The van der Waals surface area contributed by atoms with E-state index in [1.54, 1.807) is 18.2 Å². The number of hydrazone groups is 1. The number of aryl methyl sites for hydroxylation is 1. The van der Waals surface area contributed by atoms with E-state index in [0.717, 1.165) is 16.3 Å². The number of hydrogen-bond acceptors (Lipinski definition) is 6. The Hall–Kier alpha value is -4.39. The monoisotopic (exact) mass is 410 g/mol. The zero-order valence-electron chi connectivity index (χ0n) is 16.6. The van der Waals surface area contributed by atoms with Crippen molar-refractivity contribution in [1.82, 2.24) is 15.4 Å². The molecule has 0 aliphatic carbocycles. The average Bonchev–Trinajstić information content (AvgIpc) is 2.81. The maximum atomic E-state index is 12.6. The Kier molecular flexibility index (Phi) is 5.75. The smallest absolute Gasteiger partial charge is 0.343 e. The molecule has 0 aliphatic heterocycles. The molecule has 0 radical (unpaired) electrons. The molecule has 31 heavy (non-hydrogen) atoms. The number of esters is 1. The van der Waals surface area contributed by atoms with E-state index in [1.807, 2.05) is 49.4 Å². The highest BCUT2D eigenvalue weighted by molar-refractivity contribution is 6.04. The molecular formula is C24H18N4O3. The number of carbonyl (C=O) groups is 2. The van der Waals surface area contributed by atoms with Gasteiger partial charge in [0.15, 0.2) is 0 Å². The summed E-state index contributed by atoms with van der Waals surface area (Å²) in [6.45, 7) is 1.95. The zero-order chi connectivity index (χ0) is 21.6. The van der Waals surface area contributed by atoms with Crippen molar-refractivity contribution in [2.45, 2.75) is 6.92 Å². The molecule has 7 nitrogen and oxygen atoms in total. The molecule has 0 saturated carbocycles. The lowest BCUT2D eigenvalue weighted by molar-refractivity contribution is 0.0734. The minimum atomic E-state index is -0.497. The standard InChI is InChI=1S/C24H18N4O3/c1-16-6-8-18(9-7-16)24(30)31-22-11-10-17-4-2-3-5-19(17)20(22)14-27-28-23(29)21-15-25-12-13-26-21/h2-15H,1H3,(H,28,29)/b27-14-. The van der Waals surface area contributed by atoms with Gasteiger partial charge in [0.2, 0.25) is 0 Å². The Morgan fingerprint density at radius 2 is 1.81 bits per heavy atom. The third-order valence-electron chi connectivity index (χ3n) is 4.58. The Bertz CT molecular complexity index is 1270. The van der Waals surface area contributed by atoms with E-state index in [4.69, 9.17) is 4.74 Å². The van der Waals surface area contributed by atoms with Gasteiger partial charge in [0, 0.05) is 18.0 Å². The average molecular weight is 410 g/mol. The van der Waals surface area contributed by atoms with Crippen LogP contribution in [0.5, 0.6) is 5.75 Å². The van der Waals surface area contributed by atoms with Crippen molar-refractivity contribution < 1.29 is 14.3 Å². The molecule has 1 aromatic heterocycles.